The quantitative estimate of drug-likeness (QED) is 0.179. The van der Waals surface area contributed by atoms with Crippen molar-refractivity contribution in [3.63, 3.8) is 0 Å². The molecule has 1 saturated carbocycles. The largest absolute Gasteiger partial charge is 0.384 e. The number of hydrogen-bond donors (Lipinski definition) is 2. The Morgan fingerprint density at radius 2 is 1.81 bits per heavy atom. The summed E-state index contributed by atoms with van der Waals surface area (Å²) in [7, 11) is 1.60. The first kappa shape index (κ1) is 30.1. The SMILES string of the molecule is CN/C(=C\c1cccc(C(=O)c2ccc(F)cc2)c1)C(=O)N/C(C=O)=C\c1ncn(CCCN2CCOCC2)c1C1CC1. The fourth-order valence-electron chi connectivity index (χ4n) is 5.19. The highest BCUT2D eigenvalue weighted by molar-refractivity contribution is 6.09. The maximum Gasteiger partial charge on any atom is 0.271 e. The molecule has 0 bridgehead atoms. The van der Waals surface area contributed by atoms with Crippen LogP contribution in [-0.2, 0) is 20.9 Å². The van der Waals surface area contributed by atoms with E-state index in [1.807, 2.05) is 6.33 Å². The number of nitrogens with one attached hydrogen (secondary N) is 2. The van der Waals surface area contributed by atoms with E-state index < -0.39 is 11.7 Å². The molecule has 1 aliphatic heterocycles. The van der Waals surface area contributed by atoms with Crippen molar-refractivity contribution < 1.29 is 23.5 Å². The van der Waals surface area contributed by atoms with Crippen LogP contribution >= 0.6 is 0 Å². The monoisotopic (exact) mass is 585 g/mol. The van der Waals surface area contributed by atoms with Crippen LogP contribution in [0.15, 0.2) is 66.3 Å². The lowest BCUT2D eigenvalue weighted by molar-refractivity contribution is -0.118. The predicted octanol–water partition coefficient (Wildman–Crippen LogP) is 3.77. The number of imidazole rings is 1. The molecule has 1 aliphatic carbocycles. The number of halogens is 1. The third-order valence-corrected chi connectivity index (χ3v) is 7.61. The Labute approximate surface area is 250 Å². The third-order valence-electron chi connectivity index (χ3n) is 7.61. The van der Waals surface area contributed by atoms with Gasteiger partial charge in [0.05, 0.1) is 30.9 Å². The average molecular weight is 586 g/mol. The molecule has 0 spiro atoms. The third kappa shape index (κ3) is 7.91. The van der Waals surface area contributed by atoms with E-state index in [1.165, 1.54) is 24.3 Å². The van der Waals surface area contributed by atoms with Gasteiger partial charge in [-0.1, -0.05) is 18.2 Å². The van der Waals surface area contributed by atoms with Crippen molar-refractivity contribution in [3.8, 4) is 0 Å². The van der Waals surface area contributed by atoms with Gasteiger partial charge in [0.15, 0.2) is 12.1 Å². The van der Waals surface area contributed by atoms with Gasteiger partial charge in [0.1, 0.15) is 11.5 Å². The minimum Gasteiger partial charge on any atom is -0.384 e. The number of hydrogen-bond acceptors (Lipinski definition) is 7. The van der Waals surface area contributed by atoms with Crippen LogP contribution in [0.5, 0.6) is 0 Å². The number of benzene rings is 2. The number of ketones is 1. The van der Waals surface area contributed by atoms with Crippen LogP contribution in [0.25, 0.3) is 12.2 Å². The van der Waals surface area contributed by atoms with Crippen LogP contribution in [0.4, 0.5) is 4.39 Å². The van der Waals surface area contributed by atoms with Crippen molar-refractivity contribution in [3.05, 3.63) is 100 Å². The van der Waals surface area contributed by atoms with Gasteiger partial charge in [-0.15, -0.1) is 0 Å². The van der Waals surface area contributed by atoms with E-state index in [4.69, 9.17) is 4.74 Å². The van der Waals surface area contributed by atoms with E-state index in [1.54, 1.807) is 43.5 Å². The van der Waals surface area contributed by atoms with E-state index in [2.05, 4.69) is 25.1 Å². The zero-order chi connectivity index (χ0) is 30.2. The number of amides is 1. The number of rotatable bonds is 13. The van der Waals surface area contributed by atoms with Gasteiger partial charge in [0, 0.05) is 56.0 Å². The molecule has 9 nitrogen and oxygen atoms in total. The summed E-state index contributed by atoms with van der Waals surface area (Å²) in [6.07, 6.45) is 8.81. The van der Waals surface area contributed by atoms with Crippen molar-refractivity contribution in [2.24, 2.45) is 0 Å². The zero-order valence-corrected chi connectivity index (χ0v) is 24.2. The molecule has 0 radical (unpaired) electrons. The second-order valence-electron chi connectivity index (χ2n) is 10.7. The van der Waals surface area contributed by atoms with E-state index in [0.29, 0.717) is 34.6 Å². The molecule has 43 heavy (non-hydrogen) atoms. The van der Waals surface area contributed by atoms with Gasteiger partial charge in [-0.25, -0.2) is 9.37 Å². The first-order valence-electron chi connectivity index (χ1n) is 14.6. The Morgan fingerprint density at radius 3 is 2.51 bits per heavy atom. The second kappa shape index (κ2) is 14.2. The summed E-state index contributed by atoms with van der Waals surface area (Å²) < 4.78 is 20.9. The van der Waals surface area contributed by atoms with Crippen LogP contribution in [0.2, 0.25) is 0 Å². The lowest BCUT2D eigenvalue weighted by Crippen LogP contribution is -2.37. The molecule has 3 aromatic rings. The van der Waals surface area contributed by atoms with Gasteiger partial charge in [0.25, 0.3) is 5.91 Å². The van der Waals surface area contributed by atoms with Crippen LogP contribution in [0, 0.1) is 5.82 Å². The molecule has 1 aromatic heterocycles. The van der Waals surface area contributed by atoms with E-state index >= 15 is 0 Å². The molecule has 1 saturated heterocycles. The molecule has 224 valence electrons. The van der Waals surface area contributed by atoms with Crippen LogP contribution in [0.1, 0.15) is 58.1 Å². The number of aromatic nitrogens is 2. The van der Waals surface area contributed by atoms with Crippen LogP contribution in [-0.4, -0.2) is 72.3 Å². The first-order valence-corrected chi connectivity index (χ1v) is 14.6. The number of carbonyl (C=O) groups excluding carboxylic acids is 3. The topological polar surface area (TPSA) is 106 Å². The predicted molar refractivity (Wildman–Crippen MR) is 162 cm³/mol. The Balaban J connectivity index is 1.27. The normalized spacial score (nSPS) is 16.1. The van der Waals surface area contributed by atoms with Crippen molar-refractivity contribution in [2.45, 2.75) is 31.7 Å². The van der Waals surface area contributed by atoms with Crippen molar-refractivity contribution in [1.29, 1.82) is 0 Å². The summed E-state index contributed by atoms with van der Waals surface area (Å²) in [5.41, 5.74) is 3.47. The molecule has 5 rings (SSSR count). The molecule has 10 heteroatoms. The zero-order valence-electron chi connectivity index (χ0n) is 24.2. The number of allylic oxidation sites excluding steroid dienone is 1. The van der Waals surface area contributed by atoms with Crippen LogP contribution in [0.3, 0.4) is 0 Å². The Morgan fingerprint density at radius 1 is 1.05 bits per heavy atom. The van der Waals surface area contributed by atoms with Gasteiger partial charge >= 0.3 is 0 Å². The lowest BCUT2D eigenvalue weighted by Gasteiger charge is -2.26. The highest BCUT2D eigenvalue weighted by atomic mass is 19.1. The van der Waals surface area contributed by atoms with Gasteiger partial charge < -0.3 is 19.9 Å². The van der Waals surface area contributed by atoms with Gasteiger partial charge in [-0.05, 0) is 67.3 Å². The molecule has 2 heterocycles. The Kier molecular flexibility index (Phi) is 9.91. The van der Waals surface area contributed by atoms with Crippen LogP contribution < -0.4 is 10.6 Å². The van der Waals surface area contributed by atoms with E-state index in [-0.39, 0.29) is 17.2 Å². The summed E-state index contributed by atoms with van der Waals surface area (Å²) in [5.74, 6) is -0.783. The minimum atomic E-state index is -0.506. The van der Waals surface area contributed by atoms with Crippen molar-refractivity contribution in [1.82, 2.24) is 25.1 Å². The Hall–Kier alpha value is -4.41. The molecule has 2 fully saturated rings. The number of aldehydes is 1. The summed E-state index contributed by atoms with van der Waals surface area (Å²) in [5, 5.41) is 5.56. The highest BCUT2D eigenvalue weighted by Crippen LogP contribution is 2.42. The summed E-state index contributed by atoms with van der Waals surface area (Å²) in [6.45, 7) is 5.30. The van der Waals surface area contributed by atoms with Gasteiger partial charge in [-0.2, -0.15) is 0 Å². The molecular weight excluding hydrogens is 549 g/mol. The number of ether oxygens (including phenoxy) is 1. The Bertz CT molecular complexity index is 1520. The fourth-order valence-corrected chi connectivity index (χ4v) is 5.19. The average Bonchev–Trinajstić information content (AvgIpc) is 3.80. The number of likely N-dealkylation sites (N-methyl/N-ethyl adjacent to an activating group) is 1. The van der Waals surface area contributed by atoms with E-state index in [9.17, 15) is 18.8 Å². The molecule has 0 unspecified atom stereocenters. The standard InChI is InChI=1S/C33H36FN5O4/c1-35-30(19-23-4-2-5-26(18-23)32(41)25-8-10-27(34)11-9-25)33(42)37-28(21-40)20-29-31(24-6-7-24)39(22-36-29)13-3-12-38-14-16-43-17-15-38/h2,4-5,8-11,18-22,24,35H,3,6-7,12-17H2,1H3,(H,37,42)/b28-20-,30-19-. The molecule has 0 atom stereocenters. The lowest BCUT2D eigenvalue weighted by atomic mass is 10.0. The van der Waals surface area contributed by atoms with Gasteiger partial charge in [-0.3, -0.25) is 19.3 Å². The highest BCUT2D eigenvalue weighted by Gasteiger charge is 2.30. The molecule has 1 amide bonds. The first-order chi connectivity index (χ1) is 20.9. The second-order valence-corrected chi connectivity index (χ2v) is 10.7. The smallest absolute Gasteiger partial charge is 0.271 e. The summed E-state index contributed by atoms with van der Waals surface area (Å²) in [6, 6.07) is 12.1. The fraction of sp³-hybridized carbons (Fsp3) is 0.333. The number of carbonyl (C=O) groups is 3. The summed E-state index contributed by atoms with van der Waals surface area (Å²) >= 11 is 0. The molecule has 2 N–H and O–H groups in total. The maximum absolute atomic E-state index is 13.3. The number of morpholine rings is 1. The number of nitrogens with zero attached hydrogens (tertiary/aromatic N) is 3. The molecule has 2 aliphatic rings. The molecule has 2 aromatic carbocycles. The summed E-state index contributed by atoms with van der Waals surface area (Å²) in [4.78, 5) is 45.0. The molecular formula is C33H36FN5O4. The van der Waals surface area contributed by atoms with E-state index in [0.717, 1.165) is 64.3 Å². The number of aryl methyl sites for hydroxylation is 1. The van der Waals surface area contributed by atoms with Crippen molar-refractivity contribution >= 4 is 30.1 Å². The minimum absolute atomic E-state index is 0.104. The van der Waals surface area contributed by atoms with Crippen molar-refractivity contribution in [2.75, 3.05) is 39.9 Å². The maximum atomic E-state index is 13.3. The van der Waals surface area contributed by atoms with Gasteiger partial charge in [0.2, 0.25) is 0 Å².